The van der Waals surface area contributed by atoms with Crippen LogP contribution in [0.3, 0.4) is 0 Å². The van der Waals surface area contributed by atoms with Gasteiger partial charge in [0.15, 0.2) is 19.9 Å². The van der Waals surface area contributed by atoms with Gasteiger partial charge in [0.2, 0.25) is 0 Å². The lowest BCUT2D eigenvalue weighted by Crippen LogP contribution is -2.17. The molecule has 1 aliphatic carbocycles. The Morgan fingerprint density at radius 2 is 2.03 bits per heavy atom. The minimum absolute atomic E-state index is 0.0776. The molecular formula is C22H25F2N3O3S2. The third-order valence-corrected chi connectivity index (χ3v) is 8.64. The van der Waals surface area contributed by atoms with Gasteiger partial charge in [-0.2, -0.15) is 5.26 Å². The number of nitriles is 1. The molecule has 1 atom stereocenters. The predicted molar refractivity (Wildman–Crippen MR) is 118 cm³/mol. The van der Waals surface area contributed by atoms with E-state index in [2.05, 4.69) is 4.36 Å². The van der Waals surface area contributed by atoms with E-state index in [1.54, 1.807) is 13.8 Å². The van der Waals surface area contributed by atoms with E-state index in [4.69, 9.17) is 5.14 Å². The molecule has 0 radical (unpaired) electrons. The van der Waals surface area contributed by atoms with Crippen molar-refractivity contribution in [2.45, 2.75) is 68.6 Å². The highest BCUT2D eigenvalue weighted by Gasteiger charge is 2.32. The van der Waals surface area contributed by atoms with Gasteiger partial charge in [-0.05, 0) is 67.3 Å². The first-order valence-corrected chi connectivity index (χ1v) is 12.5. The predicted octanol–water partition coefficient (Wildman–Crippen LogP) is 4.60. The molecule has 1 saturated carbocycles. The molecule has 1 aromatic carbocycles. The normalized spacial score (nSPS) is 16.0. The molecule has 10 heteroatoms. The van der Waals surface area contributed by atoms with Gasteiger partial charge < -0.3 is 5.11 Å². The number of amides is 1. The number of carbonyl (C=O) groups excluding carboxylic acids is 1. The Hall–Kier alpha value is -2.19. The lowest BCUT2D eigenvalue weighted by Gasteiger charge is -2.18. The van der Waals surface area contributed by atoms with Crippen LogP contribution >= 0.6 is 11.3 Å². The Labute approximate surface area is 190 Å². The molecule has 0 saturated heterocycles. The zero-order chi connectivity index (χ0) is 24.0. The smallest absolute Gasteiger partial charge is 0.259 e. The molecular weight excluding hydrogens is 456 g/mol. The van der Waals surface area contributed by atoms with E-state index in [0.717, 1.165) is 18.9 Å². The fourth-order valence-corrected chi connectivity index (χ4v) is 6.02. The largest absolute Gasteiger partial charge is 0.385 e. The van der Waals surface area contributed by atoms with Gasteiger partial charge in [-0.15, -0.1) is 15.7 Å². The summed E-state index contributed by atoms with van der Waals surface area (Å²) < 4.78 is 45.4. The Morgan fingerprint density at radius 3 is 2.50 bits per heavy atom. The highest BCUT2D eigenvalue weighted by atomic mass is 32.2. The zero-order valence-electron chi connectivity index (χ0n) is 18.2. The maximum atomic E-state index is 15.0. The van der Waals surface area contributed by atoms with Gasteiger partial charge in [-0.3, -0.25) is 4.79 Å². The molecule has 172 valence electrons. The summed E-state index contributed by atoms with van der Waals surface area (Å²) in [5, 5.41) is 25.1. The maximum absolute atomic E-state index is 15.0. The summed E-state index contributed by atoms with van der Waals surface area (Å²) in [6.07, 6.45) is 1.36. The summed E-state index contributed by atoms with van der Waals surface area (Å²) in [6, 6.07) is 4.35. The van der Waals surface area contributed by atoms with Crippen molar-refractivity contribution in [1.29, 1.82) is 5.26 Å². The van der Waals surface area contributed by atoms with Crippen LogP contribution in [-0.4, -0.2) is 15.2 Å². The number of carbonyl (C=O) groups is 1. The first-order chi connectivity index (χ1) is 14.8. The molecule has 0 aliphatic heterocycles. The van der Waals surface area contributed by atoms with Gasteiger partial charge in [0.1, 0.15) is 11.9 Å². The number of thiophene rings is 1. The molecule has 1 aromatic heterocycles. The molecule has 0 spiro atoms. The van der Waals surface area contributed by atoms with E-state index in [9.17, 15) is 28.2 Å². The van der Waals surface area contributed by atoms with Gasteiger partial charge in [-0.25, -0.2) is 18.1 Å². The van der Waals surface area contributed by atoms with Crippen molar-refractivity contribution in [3.63, 3.8) is 0 Å². The van der Waals surface area contributed by atoms with Gasteiger partial charge in [0, 0.05) is 4.88 Å². The summed E-state index contributed by atoms with van der Waals surface area (Å²) in [4.78, 5) is 13.0. The highest BCUT2D eigenvalue weighted by Crippen LogP contribution is 2.45. The molecule has 2 aromatic rings. The van der Waals surface area contributed by atoms with Crippen molar-refractivity contribution in [2.75, 3.05) is 0 Å². The second-order valence-corrected chi connectivity index (χ2v) is 11.8. The van der Waals surface area contributed by atoms with Crippen molar-refractivity contribution in [1.82, 2.24) is 0 Å². The van der Waals surface area contributed by atoms with E-state index in [0.29, 0.717) is 22.5 Å². The van der Waals surface area contributed by atoms with Crippen LogP contribution in [0.5, 0.6) is 0 Å². The van der Waals surface area contributed by atoms with Gasteiger partial charge in [0.05, 0.1) is 17.6 Å². The highest BCUT2D eigenvalue weighted by molar-refractivity contribution is 7.93. The molecule has 1 fully saturated rings. The van der Waals surface area contributed by atoms with Crippen LogP contribution in [-0.2, 0) is 26.7 Å². The molecule has 3 N–H and O–H groups in total. The summed E-state index contributed by atoms with van der Waals surface area (Å²) in [7, 11) is -3.91. The molecule has 6 nitrogen and oxygen atoms in total. The average molecular weight is 482 g/mol. The average Bonchev–Trinajstić information content (AvgIpc) is 3.40. The second kappa shape index (κ2) is 8.63. The minimum Gasteiger partial charge on any atom is -0.385 e. The number of benzene rings is 1. The van der Waals surface area contributed by atoms with Gasteiger partial charge in [0.25, 0.3) is 5.91 Å². The number of hydrogen-bond acceptors (Lipinski definition) is 5. The molecule has 0 bridgehead atoms. The third kappa shape index (κ3) is 4.91. The lowest BCUT2D eigenvalue weighted by atomic mass is 9.87. The third-order valence-electron chi connectivity index (χ3n) is 5.25. The van der Waals surface area contributed by atoms with Crippen LogP contribution in [0.1, 0.15) is 79.5 Å². The van der Waals surface area contributed by atoms with E-state index >= 15 is 0 Å². The Balaban J connectivity index is 2.05. The monoisotopic (exact) mass is 481 g/mol. The van der Waals surface area contributed by atoms with Crippen molar-refractivity contribution in [3.05, 3.63) is 50.9 Å². The Kier molecular flexibility index (Phi) is 6.60. The summed E-state index contributed by atoms with van der Waals surface area (Å²) in [6.45, 7) is 6.39. The van der Waals surface area contributed by atoms with Gasteiger partial charge in [-0.1, -0.05) is 13.8 Å². The number of aliphatic hydroxyl groups is 1. The van der Waals surface area contributed by atoms with E-state index in [1.165, 1.54) is 19.9 Å². The van der Waals surface area contributed by atoms with Crippen LogP contribution in [0.15, 0.2) is 20.7 Å². The molecule has 3 rings (SSSR count). The van der Waals surface area contributed by atoms with E-state index in [-0.39, 0.29) is 34.3 Å². The number of nitrogens with zero attached hydrogens (tertiary/aromatic N) is 2. The standard InChI is InChI=1S/C22H25F2N3O3S2/c1-11(2)19-15(14(12-5-6-12)7-13(10-25)20(19)24)8-18(28)27-32(26,30)21-16(23)9-17(31-21)22(3,4)29/h7,9,11-12,29H,5-6,8H2,1-4H3,(H2,26,27,28,30). The molecule has 1 unspecified atom stereocenters. The number of hydrogen-bond donors (Lipinski definition) is 2. The second-order valence-electron chi connectivity index (χ2n) is 8.80. The van der Waals surface area contributed by atoms with Crippen LogP contribution in [0.25, 0.3) is 0 Å². The first-order valence-electron chi connectivity index (χ1n) is 10.1. The summed E-state index contributed by atoms with van der Waals surface area (Å²) in [5.41, 5.74) is -0.0674. The van der Waals surface area contributed by atoms with Crippen LogP contribution in [0, 0.1) is 23.0 Å². The number of rotatable bonds is 6. The van der Waals surface area contributed by atoms with Crippen molar-refractivity contribution in [2.24, 2.45) is 9.50 Å². The number of halogens is 2. The fraction of sp³-hybridized carbons (Fsp3) is 0.455. The van der Waals surface area contributed by atoms with Crippen LogP contribution in [0.4, 0.5) is 8.78 Å². The van der Waals surface area contributed by atoms with Crippen LogP contribution in [0.2, 0.25) is 0 Å². The molecule has 1 amide bonds. The van der Waals surface area contributed by atoms with E-state index < -0.39 is 37.3 Å². The van der Waals surface area contributed by atoms with Crippen LogP contribution < -0.4 is 5.14 Å². The topological polar surface area (TPSA) is 117 Å². The maximum Gasteiger partial charge on any atom is 0.259 e. The van der Waals surface area contributed by atoms with Crippen molar-refractivity contribution >= 4 is 27.2 Å². The minimum atomic E-state index is -3.91. The van der Waals surface area contributed by atoms with E-state index in [1.807, 2.05) is 6.07 Å². The van der Waals surface area contributed by atoms with Crippen molar-refractivity contribution in [3.8, 4) is 6.07 Å². The Morgan fingerprint density at radius 1 is 1.41 bits per heavy atom. The Bertz CT molecular complexity index is 1240. The first kappa shape index (κ1) is 24.5. The number of nitrogens with two attached hydrogens (primary N) is 1. The molecule has 32 heavy (non-hydrogen) atoms. The summed E-state index contributed by atoms with van der Waals surface area (Å²) >= 11 is 0.688. The quantitative estimate of drug-likeness (QED) is 0.627. The molecule has 1 aliphatic rings. The molecule has 1 heterocycles. The zero-order valence-corrected chi connectivity index (χ0v) is 19.9. The lowest BCUT2D eigenvalue weighted by molar-refractivity contribution is -0.117. The van der Waals surface area contributed by atoms with Gasteiger partial charge >= 0.3 is 0 Å². The fourth-order valence-electron chi connectivity index (χ4n) is 3.61. The van der Waals surface area contributed by atoms with Crippen molar-refractivity contribution < 1.29 is 22.9 Å². The SMILES string of the molecule is CC(C)c1c(F)c(C#N)cc(C2CC2)c1CC(=O)N=S(N)(=O)c1sc(C(C)(C)O)cc1F. The summed E-state index contributed by atoms with van der Waals surface area (Å²) in [5.74, 6) is -2.66.